The Balaban J connectivity index is 1.95. The van der Waals surface area contributed by atoms with Gasteiger partial charge >= 0.3 is 5.97 Å². The molecule has 0 aromatic heterocycles. The fraction of sp³-hybridized carbons (Fsp3) is 0.875. The van der Waals surface area contributed by atoms with Crippen molar-refractivity contribution >= 4 is 11.9 Å². The Morgan fingerprint density at radius 1 is 1.19 bits per heavy atom. The monoisotopic (exact) mass is 296 g/mol. The number of aliphatic carboxylic acids is 1. The number of hydrogen-bond donors (Lipinski definition) is 2. The Morgan fingerprint density at radius 3 is 2.57 bits per heavy atom. The van der Waals surface area contributed by atoms with E-state index in [-0.39, 0.29) is 24.4 Å². The molecule has 0 radical (unpaired) electrons. The molecule has 0 aromatic rings. The van der Waals surface area contributed by atoms with Crippen LogP contribution in [0.15, 0.2) is 0 Å². The number of carboxylic acids is 1. The van der Waals surface area contributed by atoms with E-state index in [0.29, 0.717) is 12.6 Å². The number of carboxylic acid groups (broad SMARTS) is 1. The molecule has 2 fully saturated rings. The van der Waals surface area contributed by atoms with Crippen molar-refractivity contribution in [2.75, 3.05) is 6.54 Å². The van der Waals surface area contributed by atoms with Crippen molar-refractivity contribution in [3.8, 4) is 0 Å². The maximum Gasteiger partial charge on any atom is 0.305 e. The van der Waals surface area contributed by atoms with E-state index < -0.39 is 5.97 Å². The van der Waals surface area contributed by atoms with Gasteiger partial charge in [-0.05, 0) is 45.4 Å². The number of nitrogens with zero attached hydrogens (tertiary/aromatic N) is 1. The Morgan fingerprint density at radius 2 is 1.90 bits per heavy atom. The quantitative estimate of drug-likeness (QED) is 0.814. The summed E-state index contributed by atoms with van der Waals surface area (Å²) in [5, 5.41) is 12.4. The number of carbonyl (C=O) groups is 2. The maximum atomic E-state index is 12.7. The lowest BCUT2D eigenvalue weighted by atomic mass is 9.77. The number of hydrogen-bond acceptors (Lipinski definition) is 3. The minimum atomic E-state index is -0.850. The molecule has 5 nitrogen and oxygen atoms in total. The van der Waals surface area contributed by atoms with Gasteiger partial charge in [-0.1, -0.05) is 12.8 Å². The van der Waals surface area contributed by atoms with E-state index in [0.717, 1.165) is 18.8 Å². The lowest BCUT2D eigenvalue weighted by Gasteiger charge is -2.41. The zero-order valence-electron chi connectivity index (χ0n) is 13.2. The topological polar surface area (TPSA) is 69.6 Å². The first-order valence-electron chi connectivity index (χ1n) is 8.27. The number of piperidine rings is 1. The molecule has 0 aromatic carbocycles. The molecule has 2 N–H and O–H groups in total. The third-order valence-electron chi connectivity index (χ3n) is 4.92. The molecule has 1 aliphatic carbocycles. The lowest BCUT2D eigenvalue weighted by molar-refractivity contribution is -0.140. The van der Waals surface area contributed by atoms with Crippen LogP contribution in [0.1, 0.15) is 58.8 Å². The van der Waals surface area contributed by atoms with Crippen molar-refractivity contribution in [1.29, 1.82) is 0 Å². The fourth-order valence-corrected chi connectivity index (χ4v) is 3.73. The van der Waals surface area contributed by atoms with E-state index in [1.807, 2.05) is 13.8 Å². The highest BCUT2D eigenvalue weighted by Gasteiger charge is 2.36. The second kappa shape index (κ2) is 7.25. The van der Waals surface area contributed by atoms with Gasteiger partial charge in [-0.3, -0.25) is 9.59 Å². The molecule has 21 heavy (non-hydrogen) atoms. The van der Waals surface area contributed by atoms with Gasteiger partial charge in [-0.2, -0.15) is 0 Å². The molecule has 2 rings (SSSR count). The fourth-order valence-electron chi connectivity index (χ4n) is 3.73. The summed E-state index contributed by atoms with van der Waals surface area (Å²) in [5.41, 5.74) is 0. The number of carbonyl (C=O) groups excluding carboxylic acids is 1. The molecule has 1 saturated heterocycles. The van der Waals surface area contributed by atoms with E-state index in [9.17, 15) is 9.59 Å². The van der Waals surface area contributed by atoms with Crippen LogP contribution in [0.3, 0.4) is 0 Å². The second-order valence-electron chi connectivity index (χ2n) is 6.72. The van der Waals surface area contributed by atoms with Crippen LogP contribution in [0.4, 0.5) is 0 Å². The molecule has 0 bridgehead atoms. The van der Waals surface area contributed by atoms with Crippen LogP contribution in [-0.2, 0) is 9.59 Å². The third-order valence-corrected chi connectivity index (χ3v) is 4.92. The summed E-state index contributed by atoms with van der Waals surface area (Å²) < 4.78 is 0. The summed E-state index contributed by atoms with van der Waals surface area (Å²) in [7, 11) is 0. The highest BCUT2D eigenvalue weighted by atomic mass is 16.4. The smallest absolute Gasteiger partial charge is 0.305 e. The molecule has 1 saturated carbocycles. The van der Waals surface area contributed by atoms with E-state index in [4.69, 9.17) is 5.11 Å². The van der Waals surface area contributed by atoms with Gasteiger partial charge in [0.1, 0.15) is 0 Å². The van der Waals surface area contributed by atoms with E-state index in [1.165, 1.54) is 25.7 Å². The predicted octanol–water partition coefficient (Wildman–Crippen LogP) is 2.01. The van der Waals surface area contributed by atoms with Gasteiger partial charge in [-0.25, -0.2) is 0 Å². The first-order chi connectivity index (χ1) is 9.99. The van der Waals surface area contributed by atoms with Crippen LogP contribution in [0.25, 0.3) is 0 Å². The zero-order valence-corrected chi connectivity index (χ0v) is 13.2. The van der Waals surface area contributed by atoms with Crippen LogP contribution < -0.4 is 5.32 Å². The number of nitrogens with one attached hydrogen (secondary N) is 1. The van der Waals surface area contributed by atoms with Crippen molar-refractivity contribution in [3.63, 3.8) is 0 Å². The number of fused-ring (bicyclic) bond motifs is 1. The van der Waals surface area contributed by atoms with Crippen LogP contribution in [0.5, 0.6) is 0 Å². The highest BCUT2D eigenvalue weighted by Crippen LogP contribution is 2.32. The first-order valence-corrected chi connectivity index (χ1v) is 8.27. The lowest BCUT2D eigenvalue weighted by Crippen LogP contribution is -2.57. The molecule has 2 aliphatic rings. The molecule has 5 heteroatoms. The zero-order chi connectivity index (χ0) is 15.4. The van der Waals surface area contributed by atoms with Gasteiger partial charge in [0.15, 0.2) is 0 Å². The number of amides is 1. The largest absolute Gasteiger partial charge is 0.481 e. The minimum Gasteiger partial charge on any atom is -0.481 e. The van der Waals surface area contributed by atoms with Crippen molar-refractivity contribution in [3.05, 3.63) is 0 Å². The molecule has 3 unspecified atom stereocenters. The predicted molar refractivity (Wildman–Crippen MR) is 81.0 cm³/mol. The summed E-state index contributed by atoms with van der Waals surface area (Å²) in [6.07, 6.45) is 7.05. The first kappa shape index (κ1) is 16.3. The summed E-state index contributed by atoms with van der Waals surface area (Å²) in [4.78, 5) is 25.2. The summed E-state index contributed by atoms with van der Waals surface area (Å²) in [6.45, 7) is 4.20. The maximum absolute atomic E-state index is 12.7. The van der Waals surface area contributed by atoms with Crippen LogP contribution in [-0.4, -0.2) is 46.6 Å². The SMILES string of the molecule is CC(C)N(CCC(=O)O)C(=O)C1CCC2CCCCC2N1. The summed E-state index contributed by atoms with van der Waals surface area (Å²) in [6, 6.07) is 0.401. The van der Waals surface area contributed by atoms with E-state index >= 15 is 0 Å². The number of rotatable bonds is 5. The van der Waals surface area contributed by atoms with Gasteiger partial charge < -0.3 is 15.3 Å². The molecular weight excluding hydrogens is 268 g/mol. The molecule has 1 aliphatic heterocycles. The minimum absolute atomic E-state index is 0.0166. The second-order valence-corrected chi connectivity index (χ2v) is 6.72. The van der Waals surface area contributed by atoms with E-state index in [2.05, 4.69) is 5.32 Å². The Bertz CT molecular complexity index is 384. The molecular formula is C16H28N2O3. The molecule has 3 atom stereocenters. The highest BCUT2D eigenvalue weighted by molar-refractivity contribution is 5.82. The molecule has 1 amide bonds. The Labute approximate surface area is 127 Å². The summed E-state index contributed by atoms with van der Waals surface area (Å²) in [5.74, 6) is -0.0398. The standard InChI is InChI=1S/C16H28N2O3/c1-11(2)18(10-9-15(19)20)16(21)14-8-7-12-5-3-4-6-13(12)17-14/h11-14,17H,3-10H2,1-2H3,(H,19,20). The van der Waals surface area contributed by atoms with Gasteiger partial charge in [0.2, 0.25) is 5.91 Å². The molecule has 0 spiro atoms. The molecule has 120 valence electrons. The Kier molecular flexibility index (Phi) is 5.62. The van der Waals surface area contributed by atoms with Gasteiger partial charge in [-0.15, -0.1) is 0 Å². The van der Waals surface area contributed by atoms with E-state index in [1.54, 1.807) is 4.90 Å². The average molecular weight is 296 g/mol. The third kappa shape index (κ3) is 4.19. The van der Waals surface area contributed by atoms with Gasteiger partial charge in [0.25, 0.3) is 0 Å². The van der Waals surface area contributed by atoms with Crippen LogP contribution in [0, 0.1) is 5.92 Å². The van der Waals surface area contributed by atoms with Crippen molar-refractivity contribution in [1.82, 2.24) is 10.2 Å². The van der Waals surface area contributed by atoms with Crippen LogP contribution >= 0.6 is 0 Å². The summed E-state index contributed by atoms with van der Waals surface area (Å²) >= 11 is 0. The Hall–Kier alpha value is -1.10. The van der Waals surface area contributed by atoms with Crippen LogP contribution in [0.2, 0.25) is 0 Å². The average Bonchev–Trinajstić information content (AvgIpc) is 2.46. The van der Waals surface area contributed by atoms with Crippen molar-refractivity contribution < 1.29 is 14.7 Å². The van der Waals surface area contributed by atoms with Crippen molar-refractivity contribution in [2.45, 2.75) is 76.9 Å². The van der Waals surface area contributed by atoms with Crippen molar-refractivity contribution in [2.24, 2.45) is 5.92 Å². The van der Waals surface area contributed by atoms with Gasteiger partial charge in [0, 0.05) is 18.6 Å². The molecule has 1 heterocycles. The normalized spacial score (nSPS) is 29.0. The van der Waals surface area contributed by atoms with Gasteiger partial charge in [0.05, 0.1) is 12.5 Å².